The summed E-state index contributed by atoms with van der Waals surface area (Å²) in [7, 11) is 0. The number of pyridine rings is 1. The van der Waals surface area contributed by atoms with Crippen LogP contribution in [0.15, 0.2) is 12.1 Å². The number of aromatic amines is 1. The summed E-state index contributed by atoms with van der Waals surface area (Å²) in [6.07, 6.45) is -4.49. The van der Waals surface area contributed by atoms with Gasteiger partial charge in [-0.1, -0.05) is 0 Å². The van der Waals surface area contributed by atoms with Crippen LogP contribution in [0.3, 0.4) is 0 Å². The minimum Gasteiger partial charge on any atom is -0.369 e. The molecular weight excluding hydrogens is 235 g/mol. The van der Waals surface area contributed by atoms with Crippen molar-refractivity contribution in [2.45, 2.75) is 6.18 Å². The fourth-order valence-electron chi connectivity index (χ4n) is 1.33. The van der Waals surface area contributed by atoms with Gasteiger partial charge in [0.15, 0.2) is 5.65 Å². The Morgan fingerprint density at radius 3 is 2.71 bits per heavy atom. The third-order valence-corrected chi connectivity index (χ3v) is 2.06. The molecule has 0 saturated carbocycles. The molecule has 4 N–H and O–H groups in total. The first-order valence-electron chi connectivity index (χ1n) is 4.88. The van der Waals surface area contributed by atoms with Crippen molar-refractivity contribution < 1.29 is 13.2 Å². The maximum Gasteiger partial charge on any atom is 0.449 e. The van der Waals surface area contributed by atoms with Crippen molar-refractivity contribution in [2.24, 2.45) is 5.73 Å². The van der Waals surface area contributed by atoms with Gasteiger partial charge < -0.3 is 16.0 Å². The van der Waals surface area contributed by atoms with Gasteiger partial charge in [0, 0.05) is 13.1 Å². The quantitative estimate of drug-likeness (QED) is 0.762. The zero-order chi connectivity index (χ0) is 12.5. The van der Waals surface area contributed by atoms with E-state index in [0.717, 1.165) is 0 Å². The number of fused-ring (bicyclic) bond motifs is 1. The van der Waals surface area contributed by atoms with Crippen molar-refractivity contribution in [2.75, 3.05) is 18.4 Å². The Hall–Kier alpha value is -1.83. The molecule has 92 valence electrons. The van der Waals surface area contributed by atoms with Gasteiger partial charge in [0.2, 0.25) is 5.82 Å². The van der Waals surface area contributed by atoms with Crippen molar-refractivity contribution in [1.82, 2.24) is 15.0 Å². The largest absolute Gasteiger partial charge is 0.449 e. The molecule has 0 amide bonds. The minimum atomic E-state index is -4.49. The number of rotatable bonds is 3. The van der Waals surface area contributed by atoms with E-state index in [0.29, 0.717) is 18.9 Å². The lowest BCUT2D eigenvalue weighted by Gasteiger charge is -2.01. The smallest absolute Gasteiger partial charge is 0.369 e. The summed E-state index contributed by atoms with van der Waals surface area (Å²) in [5.74, 6) is -0.598. The molecule has 0 aromatic carbocycles. The topological polar surface area (TPSA) is 79.6 Å². The SMILES string of the molecule is NCCNc1ccc2[nH]c(C(F)(F)F)nc2n1. The number of alkyl halides is 3. The summed E-state index contributed by atoms with van der Waals surface area (Å²) in [6.45, 7) is 0.906. The highest BCUT2D eigenvalue weighted by Crippen LogP contribution is 2.28. The van der Waals surface area contributed by atoms with Gasteiger partial charge in [-0.2, -0.15) is 13.2 Å². The normalized spacial score (nSPS) is 12.0. The number of nitrogens with two attached hydrogens (primary N) is 1. The second-order valence-electron chi connectivity index (χ2n) is 3.37. The average molecular weight is 245 g/mol. The highest BCUT2D eigenvalue weighted by atomic mass is 19.4. The molecule has 0 spiro atoms. The van der Waals surface area contributed by atoms with Crippen LogP contribution >= 0.6 is 0 Å². The molecule has 0 saturated heterocycles. The minimum absolute atomic E-state index is 0.0272. The molecule has 2 aromatic rings. The summed E-state index contributed by atoms with van der Waals surface area (Å²) in [6, 6.07) is 3.06. The van der Waals surface area contributed by atoms with Crippen LogP contribution in [-0.4, -0.2) is 28.0 Å². The van der Waals surface area contributed by atoms with Crippen LogP contribution in [0.5, 0.6) is 0 Å². The highest BCUT2D eigenvalue weighted by molar-refractivity contribution is 5.73. The van der Waals surface area contributed by atoms with E-state index < -0.39 is 12.0 Å². The summed E-state index contributed by atoms with van der Waals surface area (Å²) in [5.41, 5.74) is 5.56. The molecule has 0 aliphatic rings. The van der Waals surface area contributed by atoms with E-state index in [-0.39, 0.29) is 11.2 Å². The van der Waals surface area contributed by atoms with E-state index in [9.17, 15) is 13.2 Å². The summed E-state index contributed by atoms with van der Waals surface area (Å²) >= 11 is 0. The molecule has 17 heavy (non-hydrogen) atoms. The van der Waals surface area contributed by atoms with Gasteiger partial charge in [0.25, 0.3) is 0 Å². The molecule has 8 heteroatoms. The Morgan fingerprint density at radius 1 is 1.29 bits per heavy atom. The van der Waals surface area contributed by atoms with E-state index in [1.165, 1.54) is 6.07 Å². The summed E-state index contributed by atoms with van der Waals surface area (Å²) in [5, 5.41) is 2.86. The molecule has 0 atom stereocenters. The van der Waals surface area contributed by atoms with Crippen LogP contribution in [0.2, 0.25) is 0 Å². The predicted octanol–water partition coefficient (Wildman–Crippen LogP) is 1.35. The second kappa shape index (κ2) is 4.21. The number of aromatic nitrogens is 3. The average Bonchev–Trinajstić information content (AvgIpc) is 2.68. The lowest BCUT2D eigenvalue weighted by Crippen LogP contribution is -2.13. The number of hydrogen-bond donors (Lipinski definition) is 3. The number of hydrogen-bond acceptors (Lipinski definition) is 4. The number of halogens is 3. The number of anilines is 1. The van der Waals surface area contributed by atoms with Gasteiger partial charge in [-0.15, -0.1) is 0 Å². The molecule has 0 aliphatic heterocycles. The Balaban J connectivity index is 2.34. The van der Waals surface area contributed by atoms with Crippen molar-refractivity contribution in [1.29, 1.82) is 0 Å². The van der Waals surface area contributed by atoms with Crippen LogP contribution < -0.4 is 11.1 Å². The standard InChI is InChI=1S/C9H10F3N5/c10-9(11,12)8-15-5-1-2-6(14-4-3-13)16-7(5)17-8/h1-2H,3-4,13H2,(H2,14,15,16,17). The Morgan fingerprint density at radius 2 is 2.06 bits per heavy atom. The first-order chi connectivity index (χ1) is 8.00. The summed E-state index contributed by atoms with van der Waals surface area (Å²) in [4.78, 5) is 9.50. The van der Waals surface area contributed by atoms with Crippen LogP contribution in [0, 0.1) is 0 Å². The van der Waals surface area contributed by atoms with Crippen molar-refractivity contribution in [3.8, 4) is 0 Å². The van der Waals surface area contributed by atoms with Crippen LogP contribution in [0.25, 0.3) is 11.2 Å². The molecule has 5 nitrogen and oxygen atoms in total. The molecular formula is C9H10F3N5. The van der Waals surface area contributed by atoms with Gasteiger partial charge in [-0.3, -0.25) is 0 Å². The van der Waals surface area contributed by atoms with E-state index in [2.05, 4.69) is 20.3 Å². The van der Waals surface area contributed by atoms with Gasteiger partial charge in [0.05, 0.1) is 5.52 Å². The van der Waals surface area contributed by atoms with Crippen LogP contribution in [0.1, 0.15) is 5.82 Å². The molecule has 2 rings (SSSR count). The van der Waals surface area contributed by atoms with Gasteiger partial charge in [-0.05, 0) is 12.1 Å². The third kappa shape index (κ3) is 2.47. The molecule has 2 heterocycles. The van der Waals surface area contributed by atoms with Gasteiger partial charge in [-0.25, -0.2) is 9.97 Å². The first kappa shape index (κ1) is 11.6. The van der Waals surface area contributed by atoms with Crippen molar-refractivity contribution in [3.05, 3.63) is 18.0 Å². The number of nitrogens with zero attached hydrogens (tertiary/aromatic N) is 2. The first-order valence-corrected chi connectivity index (χ1v) is 4.88. The monoisotopic (exact) mass is 245 g/mol. The van der Waals surface area contributed by atoms with Crippen LogP contribution in [0.4, 0.5) is 19.0 Å². The second-order valence-corrected chi connectivity index (χ2v) is 3.37. The molecule has 0 bridgehead atoms. The lowest BCUT2D eigenvalue weighted by atomic mass is 10.4. The maximum atomic E-state index is 12.4. The number of imidazole rings is 1. The van der Waals surface area contributed by atoms with Gasteiger partial charge in [0.1, 0.15) is 5.82 Å². The number of nitrogens with one attached hydrogen (secondary N) is 2. The maximum absolute atomic E-state index is 12.4. The highest BCUT2D eigenvalue weighted by Gasteiger charge is 2.34. The zero-order valence-electron chi connectivity index (χ0n) is 8.67. The third-order valence-electron chi connectivity index (χ3n) is 2.06. The van der Waals surface area contributed by atoms with Crippen LogP contribution in [-0.2, 0) is 6.18 Å². The fraction of sp³-hybridized carbons (Fsp3) is 0.333. The van der Waals surface area contributed by atoms with E-state index in [4.69, 9.17) is 5.73 Å². The Bertz CT molecular complexity index is 519. The van der Waals surface area contributed by atoms with E-state index >= 15 is 0 Å². The molecule has 2 aromatic heterocycles. The zero-order valence-corrected chi connectivity index (χ0v) is 8.67. The predicted molar refractivity (Wildman–Crippen MR) is 56.4 cm³/mol. The Labute approximate surface area is 94.2 Å². The molecule has 0 fully saturated rings. The van der Waals surface area contributed by atoms with Crippen molar-refractivity contribution >= 4 is 17.0 Å². The summed E-state index contributed by atoms with van der Waals surface area (Å²) < 4.78 is 37.1. The fourth-order valence-corrected chi connectivity index (χ4v) is 1.33. The lowest BCUT2D eigenvalue weighted by molar-refractivity contribution is -0.144. The Kier molecular flexibility index (Phi) is 2.88. The van der Waals surface area contributed by atoms with Crippen molar-refractivity contribution in [3.63, 3.8) is 0 Å². The van der Waals surface area contributed by atoms with E-state index in [1.54, 1.807) is 6.07 Å². The van der Waals surface area contributed by atoms with E-state index in [1.807, 2.05) is 0 Å². The number of H-pyrrole nitrogens is 1. The molecule has 0 unspecified atom stereocenters. The molecule has 0 radical (unpaired) electrons. The molecule has 0 aliphatic carbocycles. The van der Waals surface area contributed by atoms with Gasteiger partial charge >= 0.3 is 6.18 Å².